The largest absolute Gasteiger partial charge is 0.497 e. The molecule has 1 unspecified atom stereocenters. The predicted molar refractivity (Wildman–Crippen MR) is 108 cm³/mol. The molecule has 1 N–H and O–H groups in total. The molecule has 0 saturated heterocycles. The van der Waals surface area contributed by atoms with Gasteiger partial charge in [0, 0.05) is 24.4 Å². The number of fused-ring (bicyclic) bond motifs is 1. The summed E-state index contributed by atoms with van der Waals surface area (Å²) in [6.45, 7) is 4.86. The molecular weight excluding hydrogens is 356 g/mol. The number of aromatic nitrogens is 1. The van der Waals surface area contributed by atoms with Crippen LogP contribution < -0.4 is 14.8 Å². The monoisotopic (exact) mass is 384 g/mol. The quantitative estimate of drug-likeness (QED) is 0.699. The third-order valence-corrected chi connectivity index (χ3v) is 5.52. The van der Waals surface area contributed by atoms with Gasteiger partial charge in [-0.1, -0.05) is 6.92 Å². The van der Waals surface area contributed by atoms with Gasteiger partial charge in [0.25, 0.3) is 0 Å². The van der Waals surface area contributed by atoms with Crippen molar-refractivity contribution >= 4 is 11.8 Å². The SMILES string of the molecule is CCOC(=O)C1(CC)Cc2ccnc(NCc3ccc(OC)cc3OC)c2C1. The first-order chi connectivity index (χ1) is 13.6. The lowest BCUT2D eigenvalue weighted by Gasteiger charge is -2.24. The summed E-state index contributed by atoms with van der Waals surface area (Å²) in [5.74, 6) is 2.21. The van der Waals surface area contributed by atoms with Gasteiger partial charge in [-0.05, 0) is 55.5 Å². The van der Waals surface area contributed by atoms with E-state index in [1.54, 1.807) is 20.4 Å². The molecule has 0 radical (unpaired) electrons. The van der Waals surface area contributed by atoms with Crippen molar-refractivity contribution in [3.8, 4) is 11.5 Å². The minimum absolute atomic E-state index is 0.114. The zero-order valence-corrected chi connectivity index (χ0v) is 17.0. The van der Waals surface area contributed by atoms with Crippen molar-refractivity contribution in [2.45, 2.75) is 39.7 Å². The summed E-state index contributed by atoms with van der Waals surface area (Å²) in [4.78, 5) is 17.1. The number of pyridine rings is 1. The first-order valence-electron chi connectivity index (χ1n) is 9.65. The van der Waals surface area contributed by atoms with Crippen molar-refractivity contribution in [2.75, 3.05) is 26.1 Å². The van der Waals surface area contributed by atoms with Crippen LogP contribution in [0.2, 0.25) is 0 Å². The Morgan fingerprint density at radius 2 is 2.00 bits per heavy atom. The van der Waals surface area contributed by atoms with E-state index >= 15 is 0 Å². The molecule has 28 heavy (non-hydrogen) atoms. The van der Waals surface area contributed by atoms with Gasteiger partial charge in [0.1, 0.15) is 17.3 Å². The molecule has 0 saturated carbocycles. The molecule has 1 aromatic carbocycles. The molecule has 0 bridgehead atoms. The molecule has 2 aromatic rings. The molecule has 0 fully saturated rings. The molecule has 0 aliphatic heterocycles. The lowest BCUT2D eigenvalue weighted by Crippen LogP contribution is -2.33. The molecule has 0 spiro atoms. The molecule has 150 valence electrons. The number of hydrogen-bond acceptors (Lipinski definition) is 6. The minimum atomic E-state index is -0.490. The van der Waals surface area contributed by atoms with Crippen molar-refractivity contribution < 1.29 is 19.0 Å². The van der Waals surface area contributed by atoms with Crippen LogP contribution in [-0.2, 0) is 28.9 Å². The van der Waals surface area contributed by atoms with Gasteiger partial charge in [0.15, 0.2) is 0 Å². The van der Waals surface area contributed by atoms with Crippen molar-refractivity contribution in [1.29, 1.82) is 0 Å². The number of nitrogens with zero attached hydrogens (tertiary/aromatic N) is 1. The highest BCUT2D eigenvalue weighted by Crippen LogP contribution is 2.43. The molecule has 1 heterocycles. The second-order valence-electron chi connectivity index (χ2n) is 7.04. The Hall–Kier alpha value is -2.76. The second kappa shape index (κ2) is 8.50. The third kappa shape index (κ3) is 3.77. The lowest BCUT2D eigenvalue weighted by molar-refractivity contribution is -0.155. The fourth-order valence-corrected chi connectivity index (χ4v) is 3.81. The number of rotatable bonds is 8. The van der Waals surface area contributed by atoms with Gasteiger partial charge < -0.3 is 19.5 Å². The van der Waals surface area contributed by atoms with Crippen molar-refractivity contribution in [1.82, 2.24) is 4.98 Å². The third-order valence-electron chi connectivity index (χ3n) is 5.52. The standard InChI is InChI=1S/C22H28N2O4/c1-5-22(21(25)28-6-2)12-15-9-10-23-20(18(15)13-22)24-14-16-7-8-17(26-3)11-19(16)27-4/h7-11H,5-6,12-14H2,1-4H3,(H,23,24). The number of benzene rings is 1. The fourth-order valence-electron chi connectivity index (χ4n) is 3.81. The first-order valence-corrected chi connectivity index (χ1v) is 9.65. The van der Waals surface area contributed by atoms with Crippen molar-refractivity contribution in [3.63, 3.8) is 0 Å². The van der Waals surface area contributed by atoms with Crippen LogP contribution >= 0.6 is 0 Å². The van der Waals surface area contributed by atoms with Crippen LogP contribution in [0.5, 0.6) is 11.5 Å². The summed E-state index contributed by atoms with van der Waals surface area (Å²) in [6, 6.07) is 7.75. The number of carbonyl (C=O) groups excluding carboxylic acids is 1. The van der Waals surface area contributed by atoms with Gasteiger partial charge in [-0.25, -0.2) is 4.98 Å². The second-order valence-corrected chi connectivity index (χ2v) is 7.04. The minimum Gasteiger partial charge on any atom is -0.497 e. The summed E-state index contributed by atoms with van der Waals surface area (Å²) >= 11 is 0. The highest BCUT2D eigenvalue weighted by Gasteiger charge is 2.44. The van der Waals surface area contributed by atoms with Crippen LogP contribution in [0.4, 0.5) is 5.82 Å². The Morgan fingerprint density at radius 3 is 2.68 bits per heavy atom. The van der Waals surface area contributed by atoms with Crippen molar-refractivity contribution in [3.05, 3.63) is 47.2 Å². The Kier molecular flexibility index (Phi) is 6.07. The molecular formula is C22H28N2O4. The highest BCUT2D eigenvalue weighted by atomic mass is 16.5. The van der Waals surface area contributed by atoms with E-state index in [-0.39, 0.29) is 5.97 Å². The maximum atomic E-state index is 12.6. The topological polar surface area (TPSA) is 69.7 Å². The summed E-state index contributed by atoms with van der Waals surface area (Å²) in [7, 11) is 3.28. The van der Waals surface area contributed by atoms with Gasteiger partial charge in [-0.15, -0.1) is 0 Å². The molecule has 6 heteroatoms. The van der Waals surface area contributed by atoms with Gasteiger partial charge in [0.2, 0.25) is 0 Å². The van der Waals surface area contributed by atoms with Crippen LogP contribution in [-0.4, -0.2) is 31.8 Å². The Balaban J connectivity index is 1.81. The number of nitrogens with one attached hydrogen (secondary N) is 1. The van der Waals surface area contributed by atoms with E-state index in [1.807, 2.05) is 38.1 Å². The van der Waals surface area contributed by atoms with E-state index in [9.17, 15) is 4.79 Å². The lowest BCUT2D eigenvalue weighted by atomic mass is 9.82. The van der Waals surface area contributed by atoms with Crippen LogP contribution in [0.25, 0.3) is 0 Å². The normalized spacial score (nSPS) is 17.7. The average molecular weight is 384 g/mol. The van der Waals surface area contributed by atoms with E-state index in [0.29, 0.717) is 26.0 Å². The summed E-state index contributed by atoms with van der Waals surface area (Å²) in [6.07, 6.45) is 3.88. The number of hydrogen-bond donors (Lipinski definition) is 1. The molecule has 1 atom stereocenters. The maximum absolute atomic E-state index is 12.6. The molecule has 1 aromatic heterocycles. The average Bonchev–Trinajstić information content (AvgIpc) is 3.13. The van der Waals surface area contributed by atoms with E-state index < -0.39 is 5.41 Å². The fraction of sp³-hybridized carbons (Fsp3) is 0.455. The van der Waals surface area contributed by atoms with E-state index in [1.165, 1.54) is 0 Å². The molecule has 0 amide bonds. The smallest absolute Gasteiger partial charge is 0.312 e. The Labute approximate surface area is 166 Å². The molecule has 1 aliphatic carbocycles. The van der Waals surface area contributed by atoms with Gasteiger partial charge in [-0.2, -0.15) is 0 Å². The van der Waals surface area contributed by atoms with Crippen LogP contribution in [0.1, 0.15) is 37.0 Å². The van der Waals surface area contributed by atoms with Crippen LogP contribution in [0.3, 0.4) is 0 Å². The van der Waals surface area contributed by atoms with Crippen LogP contribution in [0, 0.1) is 5.41 Å². The number of esters is 1. The number of ether oxygens (including phenoxy) is 3. The van der Waals surface area contributed by atoms with Gasteiger partial charge >= 0.3 is 5.97 Å². The molecule has 1 aliphatic rings. The highest BCUT2D eigenvalue weighted by molar-refractivity contribution is 5.80. The molecule has 3 rings (SSSR count). The van der Waals surface area contributed by atoms with E-state index in [2.05, 4.69) is 10.3 Å². The number of methoxy groups -OCH3 is 2. The number of carbonyl (C=O) groups is 1. The Morgan fingerprint density at radius 1 is 1.18 bits per heavy atom. The summed E-state index contributed by atoms with van der Waals surface area (Å²) in [5, 5.41) is 3.42. The van der Waals surface area contributed by atoms with E-state index in [0.717, 1.165) is 40.4 Å². The summed E-state index contributed by atoms with van der Waals surface area (Å²) < 4.78 is 16.1. The van der Waals surface area contributed by atoms with Gasteiger partial charge in [-0.3, -0.25) is 4.79 Å². The number of anilines is 1. The first kappa shape index (κ1) is 20.0. The van der Waals surface area contributed by atoms with Gasteiger partial charge in [0.05, 0.1) is 26.2 Å². The molecule has 6 nitrogen and oxygen atoms in total. The maximum Gasteiger partial charge on any atom is 0.312 e. The zero-order chi connectivity index (χ0) is 20.1. The van der Waals surface area contributed by atoms with E-state index in [4.69, 9.17) is 14.2 Å². The summed E-state index contributed by atoms with van der Waals surface area (Å²) in [5.41, 5.74) is 2.78. The zero-order valence-electron chi connectivity index (χ0n) is 17.0. The predicted octanol–water partition coefficient (Wildman–Crippen LogP) is 3.77. The van der Waals surface area contributed by atoms with Crippen LogP contribution in [0.15, 0.2) is 30.5 Å². The van der Waals surface area contributed by atoms with Crippen molar-refractivity contribution in [2.24, 2.45) is 5.41 Å². The Bertz CT molecular complexity index is 852.